The molecule has 136 valence electrons. The van der Waals surface area contributed by atoms with Gasteiger partial charge in [-0.15, -0.1) is 24.0 Å². The minimum Gasteiger partial charge on any atom is -0.357 e. The minimum absolute atomic E-state index is 0. The summed E-state index contributed by atoms with van der Waals surface area (Å²) >= 11 is 0. The number of halogens is 3. The van der Waals surface area contributed by atoms with Gasteiger partial charge in [-0.3, -0.25) is 0 Å². The highest BCUT2D eigenvalue weighted by molar-refractivity contribution is 14.0. The van der Waals surface area contributed by atoms with E-state index in [4.69, 9.17) is 0 Å². The van der Waals surface area contributed by atoms with E-state index in [0.717, 1.165) is 12.1 Å². The standard InChI is InChI=1S/C18H22F2N4.HI/c1-3-21-18(22-10-12-7-8-24(2)11-12)23-16-9-13(16)17-14(19)5-4-6-15(17)20;/h4-8,11,13,16H,3,9-10H2,1-2H3,(H2,21,22,23);1H. The lowest BCUT2D eigenvalue weighted by molar-refractivity contribution is 0.553. The largest absolute Gasteiger partial charge is 0.357 e. The summed E-state index contributed by atoms with van der Waals surface area (Å²) in [6.07, 6.45) is 4.69. The highest BCUT2D eigenvalue weighted by Gasteiger charge is 2.42. The van der Waals surface area contributed by atoms with E-state index in [-0.39, 0.29) is 41.5 Å². The molecule has 3 rings (SSSR count). The third kappa shape index (κ3) is 4.93. The van der Waals surface area contributed by atoms with Crippen LogP contribution in [0, 0.1) is 11.6 Å². The zero-order chi connectivity index (χ0) is 17.1. The van der Waals surface area contributed by atoms with E-state index in [1.165, 1.54) is 18.2 Å². The average Bonchev–Trinajstić information content (AvgIpc) is 3.15. The molecule has 2 atom stereocenters. The molecule has 1 aromatic carbocycles. The Bertz CT molecular complexity index is 724. The molecule has 25 heavy (non-hydrogen) atoms. The Morgan fingerprint density at radius 3 is 2.60 bits per heavy atom. The molecule has 1 fully saturated rings. The Hall–Kier alpha value is -1.64. The summed E-state index contributed by atoms with van der Waals surface area (Å²) in [7, 11) is 1.97. The second-order valence-corrected chi connectivity index (χ2v) is 6.11. The Labute approximate surface area is 163 Å². The van der Waals surface area contributed by atoms with Crippen LogP contribution < -0.4 is 10.6 Å². The minimum atomic E-state index is -0.476. The quantitative estimate of drug-likeness (QED) is 0.408. The number of hydrogen-bond acceptors (Lipinski definition) is 1. The monoisotopic (exact) mass is 460 g/mol. The van der Waals surface area contributed by atoms with Gasteiger partial charge in [0.05, 0.1) is 6.54 Å². The van der Waals surface area contributed by atoms with Gasteiger partial charge in [-0.1, -0.05) is 6.07 Å². The van der Waals surface area contributed by atoms with E-state index >= 15 is 0 Å². The number of nitrogens with zero attached hydrogens (tertiary/aromatic N) is 2. The molecule has 2 aromatic rings. The molecule has 1 aliphatic carbocycles. The molecule has 1 heterocycles. The summed E-state index contributed by atoms with van der Waals surface area (Å²) in [5.41, 5.74) is 1.29. The van der Waals surface area contributed by atoms with Gasteiger partial charge in [-0.25, -0.2) is 13.8 Å². The molecular formula is C18H23F2IN4. The van der Waals surface area contributed by atoms with Gasteiger partial charge >= 0.3 is 0 Å². The number of hydrogen-bond donors (Lipinski definition) is 2. The van der Waals surface area contributed by atoms with Gasteiger partial charge in [0.15, 0.2) is 5.96 Å². The first-order chi connectivity index (χ1) is 11.6. The van der Waals surface area contributed by atoms with Crippen LogP contribution in [0.15, 0.2) is 41.7 Å². The molecule has 0 radical (unpaired) electrons. The molecule has 0 spiro atoms. The van der Waals surface area contributed by atoms with Crippen LogP contribution in [0.3, 0.4) is 0 Å². The van der Waals surface area contributed by atoms with Crippen molar-refractivity contribution in [1.29, 1.82) is 0 Å². The van der Waals surface area contributed by atoms with Crippen molar-refractivity contribution in [2.24, 2.45) is 12.0 Å². The smallest absolute Gasteiger partial charge is 0.191 e. The average molecular weight is 460 g/mol. The first-order valence-corrected chi connectivity index (χ1v) is 8.18. The second-order valence-electron chi connectivity index (χ2n) is 6.11. The van der Waals surface area contributed by atoms with E-state index in [2.05, 4.69) is 15.6 Å². The van der Waals surface area contributed by atoms with Crippen molar-refractivity contribution in [2.45, 2.75) is 31.8 Å². The van der Waals surface area contributed by atoms with E-state index in [9.17, 15) is 8.78 Å². The van der Waals surface area contributed by atoms with Gasteiger partial charge in [0.1, 0.15) is 11.6 Å². The molecule has 1 aliphatic rings. The Balaban J connectivity index is 0.00000225. The molecule has 0 saturated heterocycles. The van der Waals surface area contributed by atoms with Gasteiger partial charge in [0.25, 0.3) is 0 Å². The van der Waals surface area contributed by atoms with Crippen LogP contribution in [-0.2, 0) is 13.6 Å². The summed E-state index contributed by atoms with van der Waals surface area (Å²) in [6.45, 7) is 3.27. The Morgan fingerprint density at radius 1 is 1.28 bits per heavy atom. The first kappa shape index (κ1) is 19.7. The molecule has 2 unspecified atom stereocenters. The molecule has 1 saturated carbocycles. The van der Waals surface area contributed by atoms with Gasteiger partial charge in [-0.05, 0) is 37.1 Å². The van der Waals surface area contributed by atoms with Crippen LogP contribution in [0.2, 0.25) is 0 Å². The van der Waals surface area contributed by atoms with E-state index in [1.54, 1.807) is 0 Å². The highest BCUT2D eigenvalue weighted by Crippen LogP contribution is 2.43. The van der Waals surface area contributed by atoms with Crippen LogP contribution in [0.1, 0.15) is 30.4 Å². The normalized spacial score (nSPS) is 19.3. The van der Waals surface area contributed by atoms with Crippen LogP contribution in [0.25, 0.3) is 0 Å². The maximum absolute atomic E-state index is 13.9. The van der Waals surface area contributed by atoms with Crippen molar-refractivity contribution in [3.05, 3.63) is 59.4 Å². The summed E-state index contributed by atoms with van der Waals surface area (Å²) < 4.78 is 29.7. The summed E-state index contributed by atoms with van der Waals surface area (Å²) in [6, 6.07) is 6.03. The number of benzene rings is 1. The van der Waals surface area contributed by atoms with Crippen molar-refractivity contribution in [3.8, 4) is 0 Å². The van der Waals surface area contributed by atoms with E-state index < -0.39 is 11.6 Å². The van der Waals surface area contributed by atoms with Crippen molar-refractivity contribution in [1.82, 2.24) is 15.2 Å². The SMILES string of the molecule is CCNC(=NCc1ccn(C)c1)NC1CC1c1c(F)cccc1F.I. The van der Waals surface area contributed by atoms with Gasteiger partial charge < -0.3 is 15.2 Å². The molecule has 4 nitrogen and oxygen atoms in total. The number of aliphatic imine (C=N–C) groups is 1. The lowest BCUT2D eigenvalue weighted by Gasteiger charge is -2.11. The van der Waals surface area contributed by atoms with Crippen LogP contribution >= 0.6 is 24.0 Å². The molecule has 2 N–H and O–H groups in total. The van der Waals surface area contributed by atoms with Gasteiger partial charge in [0, 0.05) is 43.5 Å². The van der Waals surface area contributed by atoms with Crippen molar-refractivity contribution in [3.63, 3.8) is 0 Å². The number of rotatable bonds is 5. The number of aromatic nitrogens is 1. The summed E-state index contributed by atoms with van der Waals surface area (Å²) in [5, 5.41) is 6.45. The van der Waals surface area contributed by atoms with Crippen molar-refractivity contribution < 1.29 is 8.78 Å². The zero-order valence-corrected chi connectivity index (χ0v) is 16.6. The molecule has 0 amide bonds. The second kappa shape index (κ2) is 8.64. The zero-order valence-electron chi connectivity index (χ0n) is 14.3. The Kier molecular flexibility index (Phi) is 6.80. The fourth-order valence-electron chi connectivity index (χ4n) is 2.86. The van der Waals surface area contributed by atoms with E-state index in [0.29, 0.717) is 18.9 Å². The predicted molar refractivity (Wildman–Crippen MR) is 106 cm³/mol. The predicted octanol–water partition coefficient (Wildman–Crippen LogP) is 3.53. The van der Waals surface area contributed by atoms with Crippen LogP contribution in [0.5, 0.6) is 0 Å². The Morgan fingerprint density at radius 2 is 2.00 bits per heavy atom. The van der Waals surface area contributed by atoms with E-state index in [1.807, 2.05) is 37.0 Å². The lowest BCUT2D eigenvalue weighted by atomic mass is 10.1. The fourth-order valence-corrected chi connectivity index (χ4v) is 2.86. The maximum Gasteiger partial charge on any atom is 0.191 e. The number of guanidine groups is 1. The third-order valence-corrected chi connectivity index (χ3v) is 4.14. The molecular weight excluding hydrogens is 437 g/mol. The maximum atomic E-state index is 13.9. The molecule has 0 aliphatic heterocycles. The van der Waals surface area contributed by atoms with Crippen LogP contribution in [0.4, 0.5) is 8.78 Å². The fraction of sp³-hybridized carbons (Fsp3) is 0.389. The third-order valence-electron chi connectivity index (χ3n) is 4.14. The number of nitrogens with one attached hydrogen (secondary N) is 2. The van der Waals surface area contributed by atoms with Gasteiger partial charge in [-0.2, -0.15) is 0 Å². The topological polar surface area (TPSA) is 41.4 Å². The molecule has 7 heteroatoms. The van der Waals surface area contributed by atoms with Gasteiger partial charge in [0.2, 0.25) is 0 Å². The number of aryl methyl sites for hydroxylation is 1. The molecule has 0 bridgehead atoms. The highest BCUT2D eigenvalue weighted by atomic mass is 127. The lowest BCUT2D eigenvalue weighted by Crippen LogP contribution is -2.39. The molecule has 1 aromatic heterocycles. The van der Waals surface area contributed by atoms with Crippen molar-refractivity contribution in [2.75, 3.05) is 6.54 Å². The van der Waals surface area contributed by atoms with Crippen molar-refractivity contribution >= 4 is 29.9 Å². The van der Waals surface area contributed by atoms with Crippen LogP contribution in [-0.4, -0.2) is 23.1 Å². The summed E-state index contributed by atoms with van der Waals surface area (Å²) in [4.78, 5) is 4.54. The first-order valence-electron chi connectivity index (χ1n) is 8.18. The summed E-state index contributed by atoms with van der Waals surface area (Å²) in [5.74, 6) is -0.427.